The number of rotatable bonds is 0. The van der Waals surface area contributed by atoms with Gasteiger partial charge in [-0.15, -0.1) is 0 Å². The molecule has 0 aliphatic carbocycles. The van der Waals surface area contributed by atoms with Crippen LogP contribution in [0.15, 0.2) is 0 Å². The van der Waals surface area contributed by atoms with Gasteiger partial charge in [0.25, 0.3) is 0 Å². The zero-order valence-electron chi connectivity index (χ0n) is 8.04. The second-order valence-corrected chi connectivity index (χ2v) is 0. The van der Waals surface area contributed by atoms with Crippen molar-refractivity contribution in [1.29, 1.82) is 31.6 Å². The van der Waals surface area contributed by atoms with Crippen LogP contribution in [-0.2, 0) is 17.1 Å². The molecule has 0 aromatic heterocycles. The molecule has 0 spiro atoms. The van der Waals surface area contributed by atoms with Crippen molar-refractivity contribution in [3.63, 3.8) is 0 Å². The molecule has 0 saturated carbocycles. The zero-order chi connectivity index (χ0) is 12.0. The van der Waals surface area contributed by atoms with Crippen molar-refractivity contribution in [2.24, 2.45) is 0 Å². The van der Waals surface area contributed by atoms with Gasteiger partial charge in [0.2, 0.25) is 0 Å². The molecule has 0 aromatic rings. The van der Waals surface area contributed by atoms with Crippen LogP contribution in [0, 0.1) is 71.0 Å². The van der Waals surface area contributed by atoms with Gasteiger partial charge in [0.05, 0.1) is 0 Å². The van der Waals surface area contributed by atoms with Crippen LogP contribution in [0.2, 0.25) is 0 Å². The summed E-state index contributed by atoms with van der Waals surface area (Å²) in [6.45, 7) is 28.5. The van der Waals surface area contributed by atoms with Crippen LogP contribution in [0.25, 0.3) is 0 Å². The molecule has 0 aromatic carbocycles. The maximum atomic E-state index is 6.25. The second-order valence-electron chi connectivity index (χ2n) is 0. The van der Waals surface area contributed by atoms with Crippen LogP contribution in [0.1, 0.15) is 0 Å². The molecule has 0 atom stereocenters. The van der Waals surface area contributed by atoms with Crippen LogP contribution in [0.5, 0.6) is 0 Å². The molecule has 0 rings (SSSR count). The fourth-order valence-corrected chi connectivity index (χ4v) is 0. The van der Waals surface area contributed by atoms with Gasteiger partial charge in [0, 0.05) is 0 Å². The first-order valence-corrected chi connectivity index (χ1v) is 1.34. The fourth-order valence-electron chi connectivity index (χ4n) is 0. The van der Waals surface area contributed by atoms with Gasteiger partial charge in [-0.05, 0) is 0 Å². The normalized spacial score (nSPS) is 0.800. The Hall–Kier alpha value is 0.0958. The summed E-state index contributed by atoms with van der Waals surface area (Å²) in [7, 11) is 0. The molecule has 9 heteroatoms. The Morgan fingerprint density at radius 3 is 0.400 bits per heavy atom. The predicted molar refractivity (Wildman–Crippen MR) is 29.8 cm³/mol. The molecule has 0 N–H and O–H groups in total. The molecule has 0 saturated heterocycles. The minimum absolute atomic E-state index is 0. The summed E-state index contributed by atoms with van der Waals surface area (Å²) in [5.74, 6) is 0. The molecular formula is C6FeKN6Na-. The first-order chi connectivity index (χ1) is 6.00. The van der Waals surface area contributed by atoms with Gasteiger partial charge in [-0.1, -0.05) is 0 Å². The average molecular weight is 274 g/mol. The first-order valence-electron chi connectivity index (χ1n) is 1.34. The Bertz CT molecular complexity index is 103. The summed E-state index contributed by atoms with van der Waals surface area (Å²) in [6.07, 6.45) is 0. The average Bonchev–Trinajstić information content (AvgIpc) is 2.33. The summed E-state index contributed by atoms with van der Waals surface area (Å²) in [5, 5.41) is 37.5. The number of nitrogens with zero attached hydrogens (tertiary/aromatic N) is 6. The third kappa shape index (κ3) is 225000. The largest absolute Gasteiger partial charge is 3.00 e. The van der Waals surface area contributed by atoms with E-state index >= 15 is 0 Å². The van der Waals surface area contributed by atoms with E-state index in [1.807, 2.05) is 0 Å². The Morgan fingerprint density at radius 2 is 0.400 bits per heavy atom. The fraction of sp³-hybridized carbons (Fsp3) is 0. The van der Waals surface area contributed by atoms with Crippen molar-refractivity contribution in [3.05, 3.63) is 39.4 Å². The molecule has 0 aliphatic rings. The van der Waals surface area contributed by atoms with Gasteiger partial charge in [0.15, 0.2) is 0 Å². The van der Waals surface area contributed by atoms with Crippen molar-refractivity contribution in [3.8, 4) is 0 Å². The third-order valence-corrected chi connectivity index (χ3v) is 0. The van der Waals surface area contributed by atoms with Gasteiger partial charge in [-0.2, -0.15) is 0 Å². The molecule has 6 nitrogen and oxygen atoms in total. The maximum absolute atomic E-state index is 6.25. The van der Waals surface area contributed by atoms with E-state index in [9.17, 15) is 0 Å². The quantitative estimate of drug-likeness (QED) is 0.318. The van der Waals surface area contributed by atoms with E-state index in [0.717, 1.165) is 0 Å². The van der Waals surface area contributed by atoms with Gasteiger partial charge in [0.1, 0.15) is 0 Å². The summed E-state index contributed by atoms with van der Waals surface area (Å²) in [4.78, 5) is 0. The molecule has 0 amide bonds. The van der Waals surface area contributed by atoms with Crippen molar-refractivity contribution >= 4 is 0 Å². The van der Waals surface area contributed by atoms with E-state index in [1.165, 1.54) is 0 Å². The summed E-state index contributed by atoms with van der Waals surface area (Å²) >= 11 is 0. The molecule has 0 fully saturated rings. The minimum atomic E-state index is 0. The molecule has 15 heavy (non-hydrogen) atoms. The van der Waals surface area contributed by atoms with Crippen LogP contribution >= 0.6 is 0 Å². The molecule has 65 valence electrons. The SMILES string of the molecule is [C-]#N.[C-]#N.[C-]#N.[C-]#N.[C-]#N.[C-]#N.[Fe+3].[K+].[Na+]. The number of hydrogen-bond acceptors (Lipinski definition) is 6. The molecule has 1 radical (unpaired) electrons. The van der Waals surface area contributed by atoms with Crippen LogP contribution in [-0.4, -0.2) is 0 Å². The minimum Gasteiger partial charge on any atom is -0.512 e. The zero-order valence-corrected chi connectivity index (χ0v) is 14.3. The van der Waals surface area contributed by atoms with E-state index in [-0.39, 0.29) is 98.0 Å². The van der Waals surface area contributed by atoms with Crippen molar-refractivity contribution in [1.82, 2.24) is 0 Å². The van der Waals surface area contributed by atoms with E-state index in [2.05, 4.69) is 0 Å². The third-order valence-electron chi connectivity index (χ3n) is 0. The molecule has 0 bridgehead atoms. The Labute approximate surface area is 166 Å². The van der Waals surface area contributed by atoms with E-state index in [1.54, 1.807) is 0 Å². The summed E-state index contributed by atoms with van der Waals surface area (Å²) in [6, 6.07) is 0. The maximum Gasteiger partial charge on any atom is 3.00 e. The predicted octanol–water partition coefficient (Wildman–Crippen LogP) is -5.42. The first kappa shape index (κ1) is 80.7. The van der Waals surface area contributed by atoms with E-state index in [4.69, 9.17) is 71.0 Å². The Kier molecular flexibility index (Phi) is 1420000. The molecule has 0 aliphatic heterocycles. The monoisotopic (exact) mass is 274 g/mol. The molecular weight excluding hydrogens is 274 g/mol. The van der Waals surface area contributed by atoms with Crippen molar-refractivity contribution < 1.29 is 98.0 Å². The van der Waals surface area contributed by atoms with E-state index in [0.29, 0.717) is 0 Å². The van der Waals surface area contributed by atoms with Gasteiger partial charge in [-0.3, -0.25) is 0 Å². The van der Waals surface area contributed by atoms with Crippen LogP contribution in [0.4, 0.5) is 0 Å². The topological polar surface area (TPSA) is 143 Å². The molecule has 0 heterocycles. The number of hydrogen-bond donors (Lipinski definition) is 0. The summed E-state index contributed by atoms with van der Waals surface area (Å²) < 4.78 is 0. The van der Waals surface area contributed by atoms with E-state index < -0.39 is 0 Å². The standard InChI is InChI=1S/6CN.Fe.K.Na/c6*1-2;;;/q6*-1;+3;2*+1. The van der Waals surface area contributed by atoms with Crippen molar-refractivity contribution in [2.75, 3.05) is 0 Å². The molecule has 0 unspecified atom stereocenters. The second kappa shape index (κ2) is 263000. The van der Waals surface area contributed by atoms with Gasteiger partial charge >= 0.3 is 98.0 Å². The van der Waals surface area contributed by atoms with Gasteiger partial charge < -0.3 is 71.0 Å². The Balaban J connectivity index is -0.00000000396. The van der Waals surface area contributed by atoms with Crippen LogP contribution < -0.4 is 80.9 Å². The van der Waals surface area contributed by atoms with Gasteiger partial charge in [-0.25, -0.2) is 0 Å². The van der Waals surface area contributed by atoms with Crippen molar-refractivity contribution in [2.45, 2.75) is 0 Å². The van der Waals surface area contributed by atoms with Crippen LogP contribution in [0.3, 0.4) is 0 Å². The Morgan fingerprint density at radius 1 is 0.400 bits per heavy atom. The summed E-state index contributed by atoms with van der Waals surface area (Å²) in [5.41, 5.74) is 0. The smallest absolute Gasteiger partial charge is 0.512 e.